The van der Waals surface area contributed by atoms with E-state index in [1.807, 2.05) is 0 Å². The Morgan fingerprint density at radius 2 is 1.00 bits per heavy atom. The number of aliphatic hydroxyl groups excluding tert-OH is 2. The van der Waals surface area contributed by atoms with Gasteiger partial charge < -0.3 is 40.6 Å². The normalized spacial score (nSPS) is 11.3. The van der Waals surface area contributed by atoms with Gasteiger partial charge in [0.2, 0.25) is 34.4 Å². The number of nitrogens with one attached hydrogen (secondary N) is 4. The number of anilines is 6. The van der Waals surface area contributed by atoms with E-state index in [-0.39, 0.29) is 107 Å². The molecule has 0 spiro atoms. The van der Waals surface area contributed by atoms with Gasteiger partial charge in [-0.25, -0.2) is 16.8 Å². The molecule has 46 heavy (non-hydrogen) atoms. The Kier molecular flexibility index (Phi) is 19.7. The Labute approximate surface area is 327 Å². The summed E-state index contributed by atoms with van der Waals surface area (Å²) in [4.78, 5) is 21.4. The Hall–Kier alpha value is -0.540. The first-order chi connectivity index (χ1) is 20.8. The molecule has 0 unspecified atom stereocenters. The Morgan fingerprint density at radius 3 is 1.35 bits per heavy atom. The molecular formula is C20H24Cl2N10Na2O8S4. The monoisotopic (exact) mass is 776 g/mol. The number of thioether (sulfide) groups is 2. The molecule has 0 bridgehead atoms. The average Bonchev–Trinajstić information content (AvgIpc) is 2.91. The van der Waals surface area contributed by atoms with Gasteiger partial charge in [0.05, 0.1) is 34.4 Å². The number of aromatic nitrogens is 6. The van der Waals surface area contributed by atoms with Crippen molar-refractivity contribution < 1.29 is 95.3 Å². The van der Waals surface area contributed by atoms with Gasteiger partial charge in [0.1, 0.15) is 20.2 Å². The molecule has 3 aromatic rings. The van der Waals surface area contributed by atoms with Gasteiger partial charge in [-0.05, 0) is 35.3 Å². The molecule has 242 valence electrons. The van der Waals surface area contributed by atoms with Crippen molar-refractivity contribution in [2.75, 3.05) is 70.6 Å². The third-order valence-electron chi connectivity index (χ3n) is 4.86. The maximum atomic E-state index is 12.1. The molecule has 0 saturated heterocycles. The van der Waals surface area contributed by atoms with E-state index >= 15 is 0 Å². The first-order valence-electron chi connectivity index (χ1n) is 12.1. The largest absolute Gasteiger partial charge is 1.00 e. The molecule has 0 aliphatic carbocycles. The third kappa shape index (κ3) is 14.5. The average molecular weight is 778 g/mol. The summed E-state index contributed by atoms with van der Waals surface area (Å²) in [5, 5.41) is 27.8. The molecule has 1 aromatic carbocycles. The van der Waals surface area contributed by atoms with Crippen molar-refractivity contribution >= 4 is 102 Å². The van der Waals surface area contributed by atoms with Gasteiger partial charge in [0, 0.05) is 36.1 Å². The van der Waals surface area contributed by atoms with E-state index in [1.165, 1.54) is 23.5 Å². The van der Waals surface area contributed by atoms with Crippen molar-refractivity contribution in [1.82, 2.24) is 29.9 Å². The molecule has 0 aliphatic rings. The number of hydrogen-bond acceptors (Lipinski definition) is 20. The van der Waals surface area contributed by atoms with Gasteiger partial charge in [0.25, 0.3) is 0 Å². The Morgan fingerprint density at radius 1 is 0.630 bits per heavy atom. The van der Waals surface area contributed by atoms with Crippen LogP contribution in [0.15, 0.2) is 21.9 Å². The van der Waals surface area contributed by atoms with Crippen LogP contribution in [0.25, 0.3) is 0 Å². The maximum Gasteiger partial charge on any atom is 1.00 e. The SMILES string of the molecule is O=S(=O)([O-])c1cc(S(=O)(=O)[O-])c(Nc2nc(Cl)nc(NCCSCCO)n2)cc1Nc1nc(Cl)nc(NCCSCCO)n1.[Na+].[Na+]. The van der Waals surface area contributed by atoms with Crippen LogP contribution in [0.3, 0.4) is 0 Å². The minimum Gasteiger partial charge on any atom is -0.744 e. The van der Waals surface area contributed by atoms with Gasteiger partial charge in [-0.2, -0.15) is 53.4 Å². The fraction of sp³-hybridized carbons (Fsp3) is 0.400. The smallest absolute Gasteiger partial charge is 0.744 e. The van der Waals surface area contributed by atoms with Crippen LogP contribution in [-0.2, 0) is 20.2 Å². The van der Waals surface area contributed by atoms with Crippen molar-refractivity contribution in [3.8, 4) is 0 Å². The summed E-state index contributed by atoms with van der Waals surface area (Å²) in [5.74, 6) is 1.48. The van der Waals surface area contributed by atoms with Crippen LogP contribution in [-0.4, -0.2) is 115 Å². The zero-order chi connectivity index (χ0) is 32.3. The van der Waals surface area contributed by atoms with E-state index in [4.69, 9.17) is 33.4 Å². The molecule has 0 atom stereocenters. The first kappa shape index (κ1) is 43.5. The summed E-state index contributed by atoms with van der Waals surface area (Å²) in [6.07, 6.45) is 0. The van der Waals surface area contributed by atoms with Crippen molar-refractivity contribution in [3.63, 3.8) is 0 Å². The van der Waals surface area contributed by atoms with E-state index in [9.17, 15) is 25.9 Å². The zero-order valence-electron chi connectivity index (χ0n) is 24.2. The molecule has 0 saturated carbocycles. The number of rotatable bonds is 18. The topological polar surface area (TPSA) is 280 Å². The first-order valence-corrected chi connectivity index (χ1v) is 18.0. The van der Waals surface area contributed by atoms with Crippen molar-refractivity contribution in [3.05, 3.63) is 22.7 Å². The molecule has 6 N–H and O–H groups in total. The molecule has 0 aliphatic heterocycles. The molecule has 0 fully saturated rings. The van der Waals surface area contributed by atoms with E-state index in [1.54, 1.807) is 0 Å². The van der Waals surface area contributed by atoms with Crippen LogP contribution in [0.4, 0.5) is 35.2 Å². The predicted octanol–water partition coefficient (Wildman–Crippen LogP) is -5.06. The summed E-state index contributed by atoms with van der Waals surface area (Å²) in [6, 6.07) is 1.21. The number of halogens is 2. The molecule has 26 heteroatoms. The standard InChI is InChI=1S/C20H26Cl2N10O8S4.2Na/c21-15-27-17(23-1-5-41-7-3-33)31-19(29-15)25-11-9-12(14(44(38,39)40)10-13(11)43(35,36)37)26-20-30-16(22)28-18(32-20)24-2-6-42-8-4-34;;/h9-10,33-34H,1-8H2,(H,35,36,37)(H,38,39,40)(H2,23,25,27,29,31)(H2,24,26,28,30,32);;/q;2*+1/p-2. The predicted molar refractivity (Wildman–Crippen MR) is 164 cm³/mol. The van der Waals surface area contributed by atoms with Crippen LogP contribution >= 0.6 is 46.7 Å². The van der Waals surface area contributed by atoms with E-state index in [0.717, 1.165) is 6.07 Å². The number of nitrogens with zero attached hydrogens (tertiary/aromatic N) is 6. The number of aliphatic hydroxyl groups is 2. The molecule has 0 radical (unpaired) electrons. The van der Waals surface area contributed by atoms with Crippen LogP contribution < -0.4 is 80.4 Å². The van der Waals surface area contributed by atoms with Crippen molar-refractivity contribution in [1.29, 1.82) is 0 Å². The van der Waals surface area contributed by atoms with E-state index in [0.29, 0.717) is 42.2 Å². The van der Waals surface area contributed by atoms with Gasteiger partial charge >= 0.3 is 59.1 Å². The molecule has 2 aromatic heterocycles. The molecular weight excluding hydrogens is 753 g/mol. The zero-order valence-corrected chi connectivity index (χ0v) is 33.0. The minimum atomic E-state index is -5.38. The summed E-state index contributed by atoms with van der Waals surface area (Å²) < 4.78 is 72.7. The molecule has 18 nitrogen and oxygen atoms in total. The molecule has 3 rings (SSSR count). The fourth-order valence-electron chi connectivity index (χ4n) is 3.18. The summed E-state index contributed by atoms with van der Waals surface area (Å²) in [6.45, 7) is 0.742. The number of hydrogen-bond donors (Lipinski definition) is 6. The Balaban J connectivity index is 0.00000529. The number of benzene rings is 1. The summed E-state index contributed by atoms with van der Waals surface area (Å²) in [5.41, 5.74) is -1.05. The maximum absolute atomic E-state index is 12.1. The molecule has 0 amide bonds. The van der Waals surface area contributed by atoms with Gasteiger partial charge in [-0.15, -0.1) is 0 Å². The van der Waals surface area contributed by atoms with E-state index < -0.39 is 41.4 Å². The molecule has 2 heterocycles. The van der Waals surface area contributed by atoms with Crippen LogP contribution in [0.1, 0.15) is 0 Å². The van der Waals surface area contributed by atoms with Crippen LogP contribution in [0.5, 0.6) is 0 Å². The second-order valence-corrected chi connectivity index (χ2v) is 13.9. The van der Waals surface area contributed by atoms with Crippen LogP contribution in [0.2, 0.25) is 10.6 Å². The fourth-order valence-corrected chi connectivity index (χ4v) is 6.02. The van der Waals surface area contributed by atoms with Gasteiger partial charge in [-0.3, -0.25) is 0 Å². The quantitative estimate of drug-likeness (QED) is 0.0400. The third-order valence-corrected chi connectivity index (χ3v) is 8.88. The minimum absolute atomic E-state index is 0. The van der Waals surface area contributed by atoms with E-state index in [2.05, 4.69) is 51.2 Å². The second-order valence-electron chi connectivity index (χ2n) is 8.03. The van der Waals surface area contributed by atoms with Crippen molar-refractivity contribution in [2.45, 2.75) is 9.79 Å². The second kappa shape index (κ2) is 20.9. The summed E-state index contributed by atoms with van der Waals surface area (Å²) in [7, 11) is -10.8. The Bertz CT molecular complexity index is 1550. The van der Waals surface area contributed by atoms with Gasteiger partial charge in [-0.1, -0.05) is 0 Å². The summed E-state index contributed by atoms with van der Waals surface area (Å²) >= 11 is 14.9. The van der Waals surface area contributed by atoms with Crippen molar-refractivity contribution in [2.24, 2.45) is 0 Å². The van der Waals surface area contributed by atoms with Crippen LogP contribution in [0, 0.1) is 0 Å². The van der Waals surface area contributed by atoms with Gasteiger partial charge in [0.15, 0.2) is 0 Å².